The van der Waals surface area contributed by atoms with Gasteiger partial charge in [-0.15, -0.1) is 0 Å². The first-order valence-corrected chi connectivity index (χ1v) is 9.03. The Bertz CT molecular complexity index is 703. The van der Waals surface area contributed by atoms with E-state index in [1.54, 1.807) is 0 Å². The average Bonchev–Trinajstić information content (AvgIpc) is 3.30. The summed E-state index contributed by atoms with van der Waals surface area (Å²) in [5.41, 5.74) is 2.00. The second-order valence-electron chi connectivity index (χ2n) is 6.64. The Balaban J connectivity index is 1.34. The highest BCUT2D eigenvalue weighted by molar-refractivity contribution is 5.80. The van der Waals surface area contributed by atoms with Gasteiger partial charge in [-0.1, -0.05) is 6.07 Å². The SMILES string of the molecule is CN=C(NCc1cn2ccccc2n1)N1CCC(N2CCOCC2)C1. The van der Waals surface area contributed by atoms with Gasteiger partial charge in [0.05, 0.1) is 25.5 Å². The lowest BCUT2D eigenvalue weighted by molar-refractivity contribution is 0.0195. The predicted molar refractivity (Wildman–Crippen MR) is 97.8 cm³/mol. The van der Waals surface area contributed by atoms with Crippen molar-refractivity contribution in [2.45, 2.75) is 19.0 Å². The lowest BCUT2D eigenvalue weighted by atomic mass is 10.2. The van der Waals surface area contributed by atoms with Gasteiger partial charge >= 0.3 is 0 Å². The van der Waals surface area contributed by atoms with E-state index in [4.69, 9.17) is 4.74 Å². The van der Waals surface area contributed by atoms with E-state index in [0.29, 0.717) is 12.6 Å². The number of guanidine groups is 1. The molecule has 7 heteroatoms. The van der Waals surface area contributed by atoms with Gasteiger partial charge in [-0.05, 0) is 18.6 Å². The van der Waals surface area contributed by atoms with Crippen molar-refractivity contribution in [2.24, 2.45) is 4.99 Å². The van der Waals surface area contributed by atoms with Crippen molar-refractivity contribution in [3.63, 3.8) is 0 Å². The van der Waals surface area contributed by atoms with Gasteiger partial charge < -0.3 is 19.4 Å². The molecule has 2 aliphatic heterocycles. The van der Waals surface area contributed by atoms with Crippen LogP contribution in [0.2, 0.25) is 0 Å². The van der Waals surface area contributed by atoms with Crippen molar-refractivity contribution >= 4 is 11.6 Å². The number of rotatable bonds is 3. The van der Waals surface area contributed by atoms with Gasteiger partial charge in [0.15, 0.2) is 5.96 Å². The van der Waals surface area contributed by atoms with Crippen LogP contribution in [-0.2, 0) is 11.3 Å². The maximum absolute atomic E-state index is 5.47. The summed E-state index contributed by atoms with van der Waals surface area (Å²) < 4.78 is 7.51. The number of likely N-dealkylation sites (tertiary alicyclic amines) is 1. The molecule has 2 saturated heterocycles. The van der Waals surface area contributed by atoms with E-state index >= 15 is 0 Å². The first kappa shape index (κ1) is 16.4. The highest BCUT2D eigenvalue weighted by Crippen LogP contribution is 2.17. The van der Waals surface area contributed by atoms with E-state index < -0.39 is 0 Å². The van der Waals surface area contributed by atoms with Crippen LogP contribution in [-0.4, -0.2) is 77.6 Å². The third-order valence-electron chi connectivity index (χ3n) is 5.08. The molecule has 134 valence electrons. The molecule has 2 fully saturated rings. The first-order chi connectivity index (χ1) is 12.3. The minimum atomic E-state index is 0.609. The number of hydrogen-bond acceptors (Lipinski definition) is 4. The Kier molecular flexibility index (Phi) is 4.85. The normalized spacial score (nSPS) is 22.7. The fourth-order valence-electron chi connectivity index (χ4n) is 3.75. The van der Waals surface area contributed by atoms with Crippen molar-refractivity contribution < 1.29 is 4.74 Å². The number of imidazole rings is 1. The molecule has 25 heavy (non-hydrogen) atoms. The van der Waals surface area contributed by atoms with E-state index in [1.165, 1.54) is 6.42 Å². The quantitative estimate of drug-likeness (QED) is 0.661. The van der Waals surface area contributed by atoms with Crippen molar-refractivity contribution in [1.82, 2.24) is 24.5 Å². The molecule has 0 amide bonds. The van der Waals surface area contributed by atoms with Crippen LogP contribution < -0.4 is 5.32 Å². The van der Waals surface area contributed by atoms with E-state index in [0.717, 1.165) is 56.7 Å². The highest BCUT2D eigenvalue weighted by atomic mass is 16.5. The monoisotopic (exact) mass is 342 g/mol. The van der Waals surface area contributed by atoms with Crippen LogP contribution in [0.25, 0.3) is 5.65 Å². The van der Waals surface area contributed by atoms with Gasteiger partial charge in [0.25, 0.3) is 0 Å². The second kappa shape index (κ2) is 7.41. The number of morpholine rings is 1. The fraction of sp³-hybridized carbons (Fsp3) is 0.556. The Hall–Kier alpha value is -2.12. The maximum Gasteiger partial charge on any atom is 0.194 e. The summed E-state index contributed by atoms with van der Waals surface area (Å²) in [5, 5.41) is 3.47. The van der Waals surface area contributed by atoms with Gasteiger partial charge in [0.2, 0.25) is 0 Å². The molecular weight excluding hydrogens is 316 g/mol. The van der Waals surface area contributed by atoms with E-state index in [9.17, 15) is 0 Å². The van der Waals surface area contributed by atoms with Crippen molar-refractivity contribution in [3.05, 3.63) is 36.3 Å². The van der Waals surface area contributed by atoms with Crippen LogP contribution in [0.4, 0.5) is 0 Å². The van der Waals surface area contributed by atoms with E-state index in [-0.39, 0.29) is 0 Å². The number of fused-ring (bicyclic) bond motifs is 1. The Morgan fingerprint density at radius 3 is 3.00 bits per heavy atom. The van der Waals surface area contributed by atoms with Crippen LogP contribution >= 0.6 is 0 Å². The molecular formula is C18H26N6O. The van der Waals surface area contributed by atoms with Gasteiger partial charge in [0, 0.05) is 51.7 Å². The molecule has 2 aromatic rings. The number of ether oxygens (including phenoxy) is 1. The summed E-state index contributed by atoms with van der Waals surface area (Å²) in [4.78, 5) is 14.0. The molecule has 0 radical (unpaired) electrons. The van der Waals surface area contributed by atoms with Gasteiger partial charge in [-0.3, -0.25) is 9.89 Å². The number of pyridine rings is 1. The smallest absolute Gasteiger partial charge is 0.194 e. The van der Waals surface area contributed by atoms with Crippen LogP contribution in [0.5, 0.6) is 0 Å². The molecule has 1 unspecified atom stereocenters. The summed E-state index contributed by atoms with van der Waals surface area (Å²) in [6.07, 6.45) is 5.28. The summed E-state index contributed by atoms with van der Waals surface area (Å²) in [7, 11) is 1.86. The zero-order valence-corrected chi connectivity index (χ0v) is 14.8. The molecule has 2 aromatic heterocycles. The minimum Gasteiger partial charge on any atom is -0.379 e. The zero-order valence-electron chi connectivity index (χ0n) is 14.8. The number of nitrogens with zero attached hydrogens (tertiary/aromatic N) is 5. The van der Waals surface area contributed by atoms with Crippen molar-refractivity contribution in [1.29, 1.82) is 0 Å². The second-order valence-corrected chi connectivity index (χ2v) is 6.64. The zero-order chi connectivity index (χ0) is 17.1. The summed E-state index contributed by atoms with van der Waals surface area (Å²) in [5.74, 6) is 0.966. The fourth-order valence-corrected chi connectivity index (χ4v) is 3.75. The number of nitrogens with one attached hydrogen (secondary N) is 1. The first-order valence-electron chi connectivity index (χ1n) is 9.03. The average molecular weight is 342 g/mol. The topological polar surface area (TPSA) is 57.4 Å². The minimum absolute atomic E-state index is 0.609. The Morgan fingerprint density at radius 1 is 1.32 bits per heavy atom. The molecule has 0 aliphatic carbocycles. The lowest BCUT2D eigenvalue weighted by Crippen LogP contribution is -2.46. The van der Waals surface area contributed by atoms with Crippen LogP contribution in [0.1, 0.15) is 12.1 Å². The predicted octanol–water partition coefficient (Wildman–Crippen LogP) is 0.816. The Morgan fingerprint density at radius 2 is 2.20 bits per heavy atom. The van der Waals surface area contributed by atoms with Crippen LogP contribution in [0.15, 0.2) is 35.6 Å². The van der Waals surface area contributed by atoms with E-state index in [1.807, 2.05) is 35.8 Å². The van der Waals surface area contributed by atoms with Gasteiger partial charge in [-0.25, -0.2) is 4.98 Å². The largest absolute Gasteiger partial charge is 0.379 e. The van der Waals surface area contributed by atoms with Crippen molar-refractivity contribution in [3.8, 4) is 0 Å². The molecule has 1 N–H and O–H groups in total. The third kappa shape index (κ3) is 3.62. The maximum atomic E-state index is 5.47. The highest BCUT2D eigenvalue weighted by Gasteiger charge is 2.30. The summed E-state index contributed by atoms with van der Waals surface area (Å²) in [6, 6.07) is 6.65. The summed E-state index contributed by atoms with van der Waals surface area (Å²) in [6.45, 7) is 6.58. The molecule has 0 aromatic carbocycles. The molecule has 2 aliphatic rings. The Labute approximate surface area is 148 Å². The molecule has 0 spiro atoms. The van der Waals surface area contributed by atoms with Gasteiger partial charge in [0.1, 0.15) is 5.65 Å². The molecule has 4 heterocycles. The van der Waals surface area contributed by atoms with Gasteiger partial charge in [-0.2, -0.15) is 0 Å². The van der Waals surface area contributed by atoms with E-state index in [2.05, 4.69) is 31.3 Å². The standard InChI is InChI=1S/C18H26N6O/c1-19-18(20-12-15-13-23-6-3-2-4-17(23)21-15)24-7-5-16(14-24)22-8-10-25-11-9-22/h2-4,6,13,16H,5,7-12,14H2,1H3,(H,19,20). The van der Waals surface area contributed by atoms with Crippen LogP contribution in [0.3, 0.4) is 0 Å². The molecule has 1 atom stereocenters. The molecule has 0 bridgehead atoms. The molecule has 0 saturated carbocycles. The number of hydrogen-bond donors (Lipinski definition) is 1. The lowest BCUT2D eigenvalue weighted by Gasteiger charge is -2.32. The van der Waals surface area contributed by atoms with Crippen LogP contribution in [0, 0.1) is 0 Å². The summed E-state index contributed by atoms with van der Waals surface area (Å²) >= 11 is 0. The number of aliphatic imine (C=N–C) groups is 1. The molecule has 7 nitrogen and oxygen atoms in total. The number of aromatic nitrogens is 2. The molecule has 4 rings (SSSR count). The van der Waals surface area contributed by atoms with Crippen molar-refractivity contribution in [2.75, 3.05) is 46.4 Å². The third-order valence-corrected chi connectivity index (χ3v) is 5.08.